The number of nitrogens with one attached hydrogen (secondary N) is 1. The summed E-state index contributed by atoms with van der Waals surface area (Å²) in [6.45, 7) is 8.03. The van der Waals surface area contributed by atoms with E-state index in [1.165, 1.54) is 35.2 Å². The van der Waals surface area contributed by atoms with E-state index in [4.69, 9.17) is 0 Å². The van der Waals surface area contributed by atoms with Crippen LogP contribution < -0.4 is 10.2 Å². The second-order valence-corrected chi connectivity index (χ2v) is 6.41. The quantitative estimate of drug-likeness (QED) is 0.916. The molecule has 1 heterocycles. The molecule has 0 aromatic heterocycles. The fraction of sp³-hybridized carbons (Fsp3) is 0.600. The lowest BCUT2D eigenvalue weighted by atomic mass is 9.88. The lowest BCUT2D eigenvalue weighted by Gasteiger charge is -2.38. The molecule has 1 fully saturated rings. The Morgan fingerprint density at radius 3 is 2.78 bits per heavy atom. The van der Waals surface area contributed by atoms with Gasteiger partial charge in [0.1, 0.15) is 0 Å². The van der Waals surface area contributed by atoms with E-state index < -0.39 is 0 Å². The molecule has 2 rings (SSSR count). The van der Waals surface area contributed by atoms with E-state index in [-0.39, 0.29) is 0 Å². The van der Waals surface area contributed by atoms with Crippen LogP contribution in [0.3, 0.4) is 0 Å². The van der Waals surface area contributed by atoms with Gasteiger partial charge in [0, 0.05) is 29.8 Å². The summed E-state index contributed by atoms with van der Waals surface area (Å²) in [4.78, 5) is 2.54. The molecular formula is C15H23BrN2. The molecule has 2 unspecified atom stereocenters. The van der Waals surface area contributed by atoms with Crippen LogP contribution in [0.1, 0.15) is 25.8 Å². The van der Waals surface area contributed by atoms with Gasteiger partial charge in [-0.3, -0.25) is 0 Å². The maximum atomic E-state index is 3.59. The minimum atomic E-state index is 0.778. The summed E-state index contributed by atoms with van der Waals surface area (Å²) in [5, 5.41) is 3.26. The van der Waals surface area contributed by atoms with Crippen molar-refractivity contribution in [3.05, 3.63) is 28.2 Å². The first-order chi connectivity index (χ1) is 8.61. The number of anilines is 1. The lowest BCUT2D eigenvalue weighted by molar-refractivity contribution is 0.323. The first-order valence-corrected chi connectivity index (χ1v) is 7.59. The highest BCUT2D eigenvalue weighted by Crippen LogP contribution is 2.31. The molecule has 0 saturated carbocycles. The van der Waals surface area contributed by atoms with Crippen molar-refractivity contribution >= 4 is 21.6 Å². The molecule has 1 aromatic carbocycles. The van der Waals surface area contributed by atoms with Crippen LogP contribution in [0.5, 0.6) is 0 Å². The molecule has 2 nitrogen and oxygen atoms in total. The molecule has 1 aliphatic rings. The van der Waals surface area contributed by atoms with Crippen LogP contribution in [0.25, 0.3) is 0 Å². The normalized spacial score (nSPS) is 24.3. The summed E-state index contributed by atoms with van der Waals surface area (Å²) >= 11 is 3.59. The molecule has 100 valence electrons. The molecule has 0 spiro atoms. The monoisotopic (exact) mass is 310 g/mol. The summed E-state index contributed by atoms with van der Waals surface area (Å²) < 4.78 is 1.17. The molecule has 2 atom stereocenters. The second kappa shape index (κ2) is 6.07. The third-order valence-corrected chi connectivity index (χ3v) is 4.58. The van der Waals surface area contributed by atoms with Gasteiger partial charge in [-0.05, 0) is 43.0 Å². The topological polar surface area (TPSA) is 15.3 Å². The lowest BCUT2D eigenvalue weighted by Crippen LogP contribution is -2.39. The fourth-order valence-electron chi connectivity index (χ4n) is 2.65. The van der Waals surface area contributed by atoms with Crippen molar-refractivity contribution in [1.82, 2.24) is 5.32 Å². The Morgan fingerprint density at radius 2 is 2.11 bits per heavy atom. The molecule has 1 saturated heterocycles. The molecule has 0 aliphatic carbocycles. The van der Waals surface area contributed by atoms with Gasteiger partial charge < -0.3 is 10.2 Å². The van der Waals surface area contributed by atoms with Crippen molar-refractivity contribution in [3.63, 3.8) is 0 Å². The molecule has 0 amide bonds. The molecule has 1 aliphatic heterocycles. The highest BCUT2D eigenvalue weighted by atomic mass is 79.9. The van der Waals surface area contributed by atoms with Gasteiger partial charge in [0.05, 0.1) is 0 Å². The standard InChI is InChI=1S/C15H23BrN2/c1-11-6-7-18(10-12(11)2)15-8-14(16)5-4-13(15)9-17-3/h4-5,8,11-12,17H,6-7,9-10H2,1-3H3. The van der Waals surface area contributed by atoms with E-state index in [2.05, 4.69) is 58.2 Å². The number of piperidine rings is 1. The number of halogens is 1. The van der Waals surface area contributed by atoms with Gasteiger partial charge >= 0.3 is 0 Å². The fourth-order valence-corrected chi connectivity index (χ4v) is 3.00. The summed E-state index contributed by atoms with van der Waals surface area (Å²) in [6, 6.07) is 6.61. The predicted molar refractivity (Wildman–Crippen MR) is 82.1 cm³/mol. The van der Waals surface area contributed by atoms with Gasteiger partial charge in [0.15, 0.2) is 0 Å². The maximum absolute atomic E-state index is 3.59. The van der Waals surface area contributed by atoms with E-state index in [0.717, 1.165) is 18.4 Å². The Balaban J connectivity index is 2.23. The Labute approximate surface area is 119 Å². The van der Waals surface area contributed by atoms with E-state index in [9.17, 15) is 0 Å². The highest BCUT2D eigenvalue weighted by molar-refractivity contribution is 9.10. The van der Waals surface area contributed by atoms with Gasteiger partial charge in [-0.1, -0.05) is 35.8 Å². The van der Waals surface area contributed by atoms with Crippen LogP contribution in [0.15, 0.2) is 22.7 Å². The number of rotatable bonds is 3. The first-order valence-electron chi connectivity index (χ1n) is 6.79. The Hall–Kier alpha value is -0.540. The SMILES string of the molecule is CNCc1ccc(Br)cc1N1CCC(C)C(C)C1. The highest BCUT2D eigenvalue weighted by Gasteiger charge is 2.24. The van der Waals surface area contributed by atoms with Crippen LogP contribution in [0.4, 0.5) is 5.69 Å². The van der Waals surface area contributed by atoms with Crippen molar-refractivity contribution < 1.29 is 0 Å². The van der Waals surface area contributed by atoms with Crippen molar-refractivity contribution in [3.8, 4) is 0 Å². The average Bonchev–Trinajstić information content (AvgIpc) is 2.35. The van der Waals surface area contributed by atoms with Crippen LogP contribution in [0, 0.1) is 11.8 Å². The number of hydrogen-bond donors (Lipinski definition) is 1. The van der Waals surface area contributed by atoms with Gasteiger partial charge in [0.25, 0.3) is 0 Å². The average molecular weight is 311 g/mol. The summed E-state index contributed by atoms with van der Waals surface area (Å²) in [6.07, 6.45) is 1.30. The zero-order chi connectivity index (χ0) is 13.1. The van der Waals surface area contributed by atoms with Crippen molar-refractivity contribution in [2.24, 2.45) is 11.8 Å². The van der Waals surface area contributed by atoms with Crippen molar-refractivity contribution in [2.45, 2.75) is 26.8 Å². The molecule has 1 N–H and O–H groups in total. The summed E-state index contributed by atoms with van der Waals surface area (Å²) in [5.41, 5.74) is 2.78. The molecule has 18 heavy (non-hydrogen) atoms. The minimum Gasteiger partial charge on any atom is -0.371 e. The zero-order valence-corrected chi connectivity index (χ0v) is 13.1. The third kappa shape index (κ3) is 3.07. The van der Waals surface area contributed by atoms with E-state index >= 15 is 0 Å². The Morgan fingerprint density at radius 1 is 1.33 bits per heavy atom. The summed E-state index contributed by atoms with van der Waals surface area (Å²) in [5.74, 6) is 1.63. The van der Waals surface area contributed by atoms with E-state index in [1.807, 2.05) is 7.05 Å². The molecule has 0 radical (unpaired) electrons. The largest absolute Gasteiger partial charge is 0.371 e. The van der Waals surface area contributed by atoms with Crippen LogP contribution in [0.2, 0.25) is 0 Å². The zero-order valence-electron chi connectivity index (χ0n) is 11.5. The van der Waals surface area contributed by atoms with E-state index in [1.54, 1.807) is 0 Å². The molecule has 1 aromatic rings. The van der Waals surface area contributed by atoms with Crippen LogP contribution in [-0.4, -0.2) is 20.1 Å². The van der Waals surface area contributed by atoms with Gasteiger partial charge in [-0.25, -0.2) is 0 Å². The van der Waals surface area contributed by atoms with Gasteiger partial charge in [-0.2, -0.15) is 0 Å². The molecular weight excluding hydrogens is 288 g/mol. The molecule has 3 heteroatoms. The summed E-state index contributed by atoms with van der Waals surface area (Å²) in [7, 11) is 2.01. The number of nitrogens with zero attached hydrogens (tertiary/aromatic N) is 1. The second-order valence-electron chi connectivity index (χ2n) is 5.49. The maximum Gasteiger partial charge on any atom is 0.0423 e. The third-order valence-electron chi connectivity index (χ3n) is 4.09. The minimum absolute atomic E-state index is 0.778. The molecule has 0 bridgehead atoms. The van der Waals surface area contributed by atoms with Crippen molar-refractivity contribution in [1.29, 1.82) is 0 Å². The smallest absolute Gasteiger partial charge is 0.0423 e. The van der Waals surface area contributed by atoms with E-state index in [0.29, 0.717) is 0 Å². The first kappa shape index (κ1) is 13.9. The Bertz CT molecular complexity index is 405. The van der Waals surface area contributed by atoms with Gasteiger partial charge in [0.2, 0.25) is 0 Å². The predicted octanol–water partition coefficient (Wildman–Crippen LogP) is 3.65. The number of hydrogen-bond acceptors (Lipinski definition) is 2. The Kier molecular flexibility index (Phi) is 4.68. The number of benzene rings is 1. The van der Waals surface area contributed by atoms with Crippen molar-refractivity contribution in [2.75, 3.05) is 25.0 Å². The van der Waals surface area contributed by atoms with Gasteiger partial charge in [-0.15, -0.1) is 0 Å². The van der Waals surface area contributed by atoms with Crippen LogP contribution >= 0.6 is 15.9 Å². The van der Waals surface area contributed by atoms with Crippen LogP contribution in [-0.2, 0) is 6.54 Å².